The third kappa shape index (κ3) is 2.89. The standard InChI is InChI=1S/C15H11BrIN3OS/c1-3-10(4-11-6-19-21-9(11)2)14-8-20(22-17)15-13(14)5-12(16)7-18-15/h3-8H,2H2,1H3/b10-3+,11-4-. The lowest BCUT2D eigenvalue weighted by Crippen LogP contribution is -2.17. The van der Waals surface area contributed by atoms with E-state index >= 15 is 0 Å². The third-order valence-corrected chi connectivity index (χ3v) is 5.40. The van der Waals surface area contributed by atoms with Crippen molar-refractivity contribution in [1.29, 1.82) is 0 Å². The van der Waals surface area contributed by atoms with Gasteiger partial charge in [0.2, 0.25) is 0 Å². The minimum atomic E-state index is 0.561. The summed E-state index contributed by atoms with van der Waals surface area (Å²) in [5, 5.41) is 5.74. The quantitative estimate of drug-likeness (QED) is 0.525. The van der Waals surface area contributed by atoms with Gasteiger partial charge in [-0.3, -0.25) is 3.97 Å². The van der Waals surface area contributed by atoms with Crippen LogP contribution in [-0.2, 0) is 0 Å². The highest BCUT2D eigenvalue weighted by atomic mass is 127. The van der Waals surface area contributed by atoms with Crippen molar-refractivity contribution in [3.63, 3.8) is 0 Å². The summed E-state index contributed by atoms with van der Waals surface area (Å²) in [7, 11) is 1.59. The van der Waals surface area contributed by atoms with Crippen LogP contribution < -0.4 is 10.6 Å². The van der Waals surface area contributed by atoms with Crippen LogP contribution in [-0.4, -0.2) is 14.1 Å². The van der Waals surface area contributed by atoms with Crippen LogP contribution in [0.15, 0.2) is 39.7 Å². The summed E-state index contributed by atoms with van der Waals surface area (Å²) in [4.78, 5) is 4.51. The molecule has 0 spiro atoms. The highest BCUT2D eigenvalue weighted by Gasteiger charge is 2.12. The molecule has 0 bridgehead atoms. The van der Waals surface area contributed by atoms with Crippen LogP contribution in [0.25, 0.3) is 29.3 Å². The van der Waals surface area contributed by atoms with Gasteiger partial charge in [0.15, 0.2) is 11.1 Å². The van der Waals surface area contributed by atoms with Crippen molar-refractivity contribution in [2.75, 3.05) is 0 Å². The topological polar surface area (TPSA) is 43.9 Å². The average Bonchev–Trinajstić information content (AvgIpc) is 3.08. The second-order valence-corrected chi connectivity index (χ2v) is 7.18. The zero-order valence-electron chi connectivity index (χ0n) is 11.6. The number of rotatable bonds is 3. The van der Waals surface area contributed by atoms with E-state index in [1.54, 1.807) is 15.3 Å². The zero-order valence-corrected chi connectivity index (χ0v) is 16.1. The van der Waals surface area contributed by atoms with Crippen LogP contribution in [0, 0.1) is 0 Å². The Kier molecular flexibility index (Phi) is 4.74. The third-order valence-electron chi connectivity index (χ3n) is 3.26. The molecule has 3 heterocycles. The van der Waals surface area contributed by atoms with Crippen molar-refractivity contribution in [2.45, 2.75) is 6.92 Å². The van der Waals surface area contributed by atoms with Crippen molar-refractivity contribution in [3.05, 3.63) is 51.4 Å². The van der Waals surface area contributed by atoms with E-state index < -0.39 is 0 Å². The number of hydrogen-bond donors (Lipinski definition) is 0. The zero-order chi connectivity index (χ0) is 15.7. The minimum absolute atomic E-state index is 0.561. The van der Waals surface area contributed by atoms with Gasteiger partial charge in [-0.05, 0) is 40.6 Å². The van der Waals surface area contributed by atoms with E-state index in [1.165, 1.54) is 0 Å². The molecule has 0 saturated carbocycles. The molecule has 22 heavy (non-hydrogen) atoms. The molecule has 0 aromatic carbocycles. The Hall–Kier alpha value is -1.06. The first-order valence-corrected chi connectivity index (χ1v) is 10.5. The van der Waals surface area contributed by atoms with Crippen molar-refractivity contribution < 1.29 is 4.52 Å². The molecule has 0 unspecified atom stereocenters. The van der Waals surface area contributed by atoms with E-state index in [0.29, 0.717) is 5.42 Å². The molecule has 0 amide bonds. The molecule has 0 N–H and O–H groups in total. The Morgan fingerprint density at radius 1 is 1.50 bits per heavy atom. The molecule has 0 radical (unpaired) electrons. The van der Waals surface area contributed by atoms with Gasteiger partial charge >= 0.3 is 0 Å². The molecular weight excluding hydrogens is 477 g/mol. The molecule has 0 aliphatic carbocycles. The van der Waals surface area contributed by atoms with Crippen molar-refractivity contribution in [2.24, 2.45) is 0 Å². The second-order valence-electron chi connectivity index (χ2n) is 4.55. The number of hydrogen-bond acceptors (Lipinski definition) is 4. The van der Waals surface area contributed by atoms with E-state index in [4.69, 9.17) is 4.52 Å². The van der Waals surface area contributed by atoms with E-state index in [0.717, 1.165) is 31.9 Å². The first kappa shape index (κ1) is 15.8. The van der Waals surface area contributed by atoms with E-state index in [-0.39, 0.29) is 0 Å². The first-order chi connectivity index (χ1) is 10.6. The van der Waals surface area contributed by atoms with Gasteiger partial charge in [-0.15, -0.1) is 0 Å². The molecule has 0 atom stereocenters. The molecule has 112 valence electrons. The summed E-state index contributed by atoms with van der Waals surface area (Å²) in [5.41, 5.74) is 3.68. The molecule has 3 aromatic rings. The molecule has 3 rings (SSSR count). The van der Waals surface area contributed by atoms with Gasteiger partial charge in [-0.2, -0.15) is 0 Å². The predicted octanol–water partition coefficient (Wildman–Crippen LogP) is 3.93. The van der Waals surface area contributed by atoms with Crippen LogP contribution in [0.5, 0.6) is 0 Å². The van der Waals surface area contributed by atoms with Gasteiger partial charge in [0.25, 0.3) is 0 Å². The van der Waals surface area contributed by atoms with Crippen LogP contribution >= 0.6 is 46.3 Å². The molecule has 0 aliphatic rings. The van der Waals surface area contributed by atoms with E-state index in [9.17, 15) is 0 Å². The maximum Gasteiger partial charge on any atom is 0.159 e. The van der Waals surface area contributed by atoms with Gasteiger partial charge in [0.1, 0.15) is 0 Å². The summed E-state index contributed by atoms with van der Waals surface area (Å²) in [6.07, 6.45) is 9.65. The molecule has 0 saturated heterocycles. The smallest absolute Gasteiger partial charge is 0.159 e. The highest BCUT2D eigenvalue weighted by molar-refractivity contribution is 14.2. The van der Waals surface area contributed by atoms with Crippen LogP contribution in [0.3, 0.4) is 0 Å². The maximum absolute atomic E-state index is 5.03. The van der Waals surface area contributed by atoms with Gasteiger partial charge in [-0.25, -0.2) is 4.98 Å². The van der Waals surface area contributed by atoms with Crippen molar-refractivity contribution >= 4 is 75.5 Å². The normalized spacial score (nSPS) is 13.2. The van der Waals surface area contributed by atoms with Gasteiger partial charge in [-0.1, -0.05) is 17.8 Å². The number of halogens is 2. The van der Waals surface area contributed by atoms with Crippen molar-refractivity contribution in [1.82, 2.24) is 14.1 Å². The summed E-state index contributed by atoms with van der Waals surface area (Å²) < 4.78 is 8.03. The average molecular weight is 488 g/mol. The van der Waals surface area contributed by atoms with E-state index in [2.05, 4.69) is 72.2 Å². The molecule has 0 fully saturated rings. The molecular formula is C15H11BrIN3OS. The maximum atomic E-state index is 5.03. The second kappa shape index (κ2) is 6.59. The van der Waals surface area contributed by atoms with Crippen LogP contribution in [0.1, 0.15) is 12.5 Å². The van der Waals surface area contributed by atoms with Gasteiger partial charge in [0, 0.05) is 63.4 Å². The lowest BCUT2D eigenvalue weighted by Gasteiger charge is -1.99. The molecule has 4 nitrogen and oxygen atoms in total. The molecule has 0 aliphatic heterocycles. The SMILES string of the molecule is C=c1onc/c1=C/C(=C\C)c1cn(SI)c2ncc(Br)cc12. The van der Waals surface area contributed by atoms with Gasteiger partial charge in [0.05, 0.1) is 6.20 Å². The largest absolute Gasteiger partial charge is 0.357 e. The predicted molar refractivity (Wildman–Crippen MR) is 104 cm³/mol. The number of pyridine rings is 1. The Morgan fingerprint density at radius 2 is 2.32 bits per heavy atom. The fourth-order valence-electron chi connectivity index (χ4n) is 2.21. The van der Waals surface area contributed by atoms with Crippen LogP contribution in [0.4, 0.5) is 0 Å². The Balaban J connectivity index is 2.27. The molecule has 3 aromatic heterocycles. The fourth-order valence-corrected chi connectivity index (χ4v) is 3.80. The minimum Gasteiger partial charge on any atom is -0.357 e. The fraction of sp³-hybridized carbons (Fsp3) is 0.0667. The highest BCUT2D eigenvalue weighted by Crippen LogP contribution is 2.33. The summed E-state index contributed by atoms with van der Waals surface area (Å²) in [6.45, 7) is 5.85. The lowest BCUT2D eigenvalue weighted by molar-refractivity contribution is 0.395. The number of aromatic nitrogens is 3. The van der Waals surface area contributed by atoms with Crippen molar-refractivity contribution in [3.8, 4) is 0 Å². The van der Waals surface area contributed by atoms with Gasteiger partial charge < -0.3 is 4.52 Å². The summed E-state index contributed by atoms with van der Waals surface area (Å²) >= 11 is 5.75. The Labute approximate surface area is 151 Å². The number of allylic oxidation sites excluding steroid dienone is 2. The number of fused-ring (bicyclic) bond motifs is 1. The van der Waals surface area contributed by atoms with Crippen LogP contribution in [0.2, 0.25) is 0 Å². The monoisotopic (exact) mass is 487 g/mol. The lowest BCUT2D eigenvalue weighted by atomic mass is 10.1. The number of nitrogens with zero attached hydrogens (tertiary/aromatic N) is 3. The summed E-state index contributed by atoms with van der Waals surface area (Å²) in [5.74, 6) is 0. The van der Waals surface area contributed by atoms with E-state index in [1.807, 2.05) is 23.2 Å². The molecule has 7 heteroatoms. The Bertz CT molecular complexity index is 976. The Morgan fingerprint density at radius 3 is 2.95 bits per heavy atom. The summed E-state index contributed by atoms with van der Waals surface area (Å²) in [6, 6.07) is 2.08. The first-order valence-electron chi connectivity index (χ1n) is 6.37.